The van der Waals surface area contributed by atoms with E-state index < -0.39 is 0 Å². The Bertz CT molecular complexity index is 556. The third-order valence-electron chi connectivity index (χ3n) is 2.63. The summed E-state index contributed by atoms with van der Waals surface area (Å²) in [5, 5.41) is 0.258. The van der Waals surface area contributed by atoms with E-state index in [0.717, 1.165) is 0 Å². The summed E-state index contributed by atoms with van der Waals surface area (Å²) in [6, 6.07) is 9.37. The molecule has 0 bridgehead atoms. The molecule has 0 aliphatic carbocycles. The van der Waals surface area contributed by atoms with Gasteiger partial charge in [0.05, 0.1) is 0 Å². The topological polar surface area (TPSA) is 61.0 Å². The maximum atomic E-state index is 5.79. The quantitative estimate of drug-likeness (QED) is 0.848. The van der Waals surface area contributed by atoms with Gasteiger partial charge in [-0.3, -0.25) is 0 Å². The first-order valence-corrected chi connectivity index (χ1v) is 6.31. The van der Waals surface area contributed by atoms with Gasteiger partial charge in [0, 0.05) is 6.07 Å². The van der Waals surface area contributed by atoms with E-state index in [2.05, 4.69) is 30.7 Å². The van der Waals surface area contributed by atoms with Gasteiger partial charge in [0.15, 0.2) is 0 Å². The van der Waals surface area contributed by atoms with Crippen LogP contribution in [0.2, 0.25) is 5.15 Å². The Morgan fingerprint density at radius 3 is 2.26 bits per heavy atom. The molecule has 2 rings (SSSR count). The molecule has 1 aromatic heterocycles. The zero-order chi connectivity index (χ0) is 14.0. The first-order valence-electron chi connectivity index (χ1n) is 5.93. The van der Waals surface area contributed by atoms with Gasteiger partial charge in [0.1, 0.15) is 10.9 Å². The van der Waals surface area contributed by atoms with Gasteiger partial charge in [-0.1, -0.05) is 44.5 Å². The van der Waals surface area contributed by atoms with Crippen LogP contribution >= 0.6 is 11.6 Å². The third kappa shape index (κ3) is 3.58. The number of rotatable bonds is 2. The van der Waals surface area contributed by atoms with Crippen LogP contribution in [0.25, 0.3) is 0 Å². The van der Waals surface area contributed by atoms with E-state index in [9.17, 15) is 0 Å². The van der Waals surface area contributed by atoms with Crippen LogP contribution in [0.5, 0.6) is 11.6 Å². The highest BCUT2D eigenvalue weighted by Gasteiger charge is 2.13. The zero-order valence-electron chi connectivity index (χ0n) is 11.1. The minimum absolute atomic E-state index is 0.0915. The van der Waals surface area contributed by atoms with Crippen molar-refractivity contribution in [2.45, 2.75) is 26.2 Å². The van der Waals surface area contributed by atoms with E-state index in [1.165, 1.54) is 11.6 Å². The van der Waals surface area contributed by atoms with Gasteiger partial charge in [-0.25, -0.2) is 4.98 Å². The lowest BCUT2D eigenvalue weighted by molar-refractivity contribution is 0.461. The summed E-state index contributed by atoms with van der Waals surface area (Å²) < 4.78 is 5.59. The molecule has 0 aliphatic heterocycles. The van der Waals surface area contributed by atoms with Gasteiger partial charge in [-0.2, -0.15) is 4.98 Å². The first-order chi connectivity index (χ1) is 8.84. The van der Waals surface area contributed by atoms with Crippen molar-refractivity contribution >= 4 is 17.5 Å². The second kappa shape index (κ2) is 5.05. The number of nitrogens with zero attached hydrogens (tertiary/aromatic N) is 2. The van der Waals surface area contributed by atoms with Crippen molar-refractivity contribution in [1.29, 1.82) is 0 Å². The first kappa shape index (κ1) is 13.6. The van der Waals surface area contributed by atoms with Crippen LogP contribution in [-0.2, 0) is 5.41 Å². The van der Waals surface area contributed by atoms with Crippen LogP contribution in [0, 0.1) is 0 Å². The second-order valence-corrected chi connectivity index (χ2v) is 5.65. The molecule has 0 saturated heterocycles. The summed E-state index contributed by atoms with van der Waals surface area (Å²) in [6.45, 7) is 6.48. The molecular weight excluding hydrogens is 262 g/mol. The fourth-order valence-electron chi connectivity index (χ4n) is 1.61. The van der Waals surface area contributed by atoms with E-state index in [4.69, 9.17) is 22.1 Å². The van der Waals surface area contributed by atoms with E-state index in [1.54, 1.807) is 0 Å². The molecule has 0 radical (unpaired) electrons. The van der Waals surface area contributed by atoms with Crippen LogP contribution in [0.1, 0.15) is 26.3 Å². The molecular formula is C14H16ClN3O. The Kier molecular flexibility index (Phi) is 3.62. The smallest absolute Gasteiger partial charge is 0.225 e. The van der Waals surface area contributed by atoms with Crippen LogP contribution < -0.4 is 10.5 Å². The van der Waals surface area contributed by atoms with Gasteiger partial charge < -0.3 is 10.5 Å². The third-order valence-corrected chi connectivity index (χ3v) is 2.83. The summed E-state index contributed by atoms with van der Waals surface area (Å²) in [7, 11) is 0. The summed E-state index contributed by atoms with van der Waals surface area (Å²) in [4.78, 5) is 7.73. The molecule has 0 unspecified atom stereocenters. The van der Waals surface area contributed by atoms with Crippen molar-refractivity contribution in [2.75, 3.05) is 5.73 Å². The van der Waals surface area contributed by atoms with Crippen molar-refractivity contribution in [3.05, 3.63) is 41.0 Å². The van der Waals surface area contributed by atoms with Crippen LogP contribution in [0.4, 0.5) is 5.95 Å². The summed E-state index contributed by atoms with van der Waals surface area (Å²) >= 11 is 5.79. The highest BCUT2D eigenvalue weighted by molar-refractivity contribution is 6.29. The summed E-state index contributed by atoms with van der Waals surface area (Å²) in [5.41, 5.74) is 6.86. The number of nitrogens with two attached hydrogens (primary N) is 1. The number of nitrogen functional groups attached to an aromatic ring is 1. The van der Waals surface area contributed by atoms with E-state index >= 15 is 0 Å². The molecule has 2 N–H and O–H groups in total. The SMILES string of the molecule is CC(C)(C)c1ccc(Oc2cc(Cl)nc(N)n2)cc1. The molecule has 0 spiro atoms. The van der Waals surface area contributed by atoms with Crippen LogP contribution in [0.15, 0.2) is 30.3 Å². The lowest BCUT2D eigenvalue weighted by Crippen LogP contribution is -2.10. The molecule has 5 heteroatoms. The Balaban J connectivity index is 2.20. The van der Waals surface area contributed by atoms with Crippen molar-refractivity contribution in [3.8, 4) is 11.6 Å². The minimum Gasteiger partial charge on any atom is -0.439 e. The number of aromatic nitrogens is 2. The second-order valence-electron chi connectivity index (χ2n) is 5.26. The molecule has 0 fully saturated rings. The lowest BCUT2D eigenvalue weighted by atomic mass is 9.87. The molecule has 0 aliphatic rings. The molecule has 4 nitrogen and oxygen atoms in total. The number of hydrogen-bond acceptors (Lipinski definition) is 4. The van der Waals surface area contributed by atoms with Gasteiger partial charge in [-0.15, -0.1) is 0 Å². The Morgan fingerprint density at radius 1 is 1.11 bits per heavy atom. The summed E-state index contributed by atoms with van der Waals surface area (Å²) in [6.07, 6.45) is 0. The van der Waals surface area contributed by atoms with Crippen LogP contribution in [0.3, 0.4) is 0 Å². The van der Waals surface area contributed by atoms with Gasteiger partial charge in [0.25, 0.3) is 0 Å². The number of benzene rings is 1. The fraction of sp³-hybridized carbons (Fsp3) is 0.286. The maximum absolute atomic E-state index is 5.79. The van der Waals surface area contributed by atoms with Gasteiger partial charge in [0.2, 0.25) is 11.8 Å². The van der Waals surface area contributed by atoms with Crippen molar-refractivity contribution < 1.29 is 4.74 Å². The predicted octanol–water partition coefficient (Wildman–Crippen LogP) is 3.80. The largest absolute Gasteiger partial charge is 0.439 e. The highest BCUT2D eigenvalue weighted by atomic mass is 35.5. The maximum Gasteiger partial charge on any atom is 0.225 e. The normalized spacial score (nSPS) is 11.4. The van der Waals surface area contributed by atoms with E-state index in [1.807, 2.05) is 24.3 Å². The standard InChI is InChI=1S/C14H16ClN3O/c1-14(2,3)9-4-6-10(7-5-9)19-12-8-11(15)17-13(16)18-12/h4-8H,1-3H3,(H2,16,17,18). The molecule has 19 heavy (non-hydrogen) atoms. The molecule has 0 saturated carbocycles. The van der Waals surface area contributed by atoms with E-state index in [-0.39, 0.29) is 16.5 Å². The molecule has 100 valence electrons. The minimum atomic E-state index is 0.0915. The molecule has 0 atom stereocenters. The monoisotopic (exact) mass is 277 g/mol. The molecule has 0 amide bonds. The Labute approximate surface area is 117 Å². The number of hydrogen-bond donors (Lipinski definition) is 1. The molecule has 1 aromatic carbocycles. The van der Waals surface area contributed by atoms with Crippen molar-refractivity contribution in [2.24, 2.45) is 0 Å². The molecule has 2 aromatic rings. The Morgan fingerprint density at radius 2 is 1.74 bits per heavy atom. The average Bonchev–Trinajstić information content (AvgIpc) is 2.26. The van der Waals surface area contributed by atoms with Gasteiger partial charge >= 0.3 is 0 Å². The zero-order valence-corrected chi connectivity index (χ0v) is 11.9. The van der Waals surface area contributed by atoms with Crippen LogP contribution in [-0.4, -0.2) is 9.97 Å². The lowest BCUT2D eigenvalue weighted by Gasteiger charge is -2.19. The number of anilines is 1. The predicted molar refractivity (Wildman–Crippen MR) is 76.7 cm³/mol. The fourth-order valence-corrected chi connectivity index (χ4v) is 1.79. The van der Waals surface area contributed by atoms with Crippen molar-refractivity contribution in [3.63, 3.8) is 0 Å². The number of halogens is 1. The average molecular weight is 278 g/mol. The summed E-state index contributed by atoms with van der Waals surface area (Å²) in [5.74, 6) is 1.11. The highest BCUT2D eigenvalue weighted by Crippen LogP contribution is 2.27. The van der Waals surface area contributed by atoms with E-state index in [0.29, 0.717) is 11.6 Å². The molecule has 1 heterocycles. The Hall–Kier alpha value is -1.81. The van der Waals surface area contributed by atoms with Gasteiger partial charge in [-0.05, 0) is 23.1 Å². The number of ether oxygens (including phenoxy) is 1. The van der Waals surface area contributed by atoms with Crippen molar-refractivity contribution in [1.82, 2.24) is 9.97 Å².